The highest BCUT2D eigenvalue weighted by molar-refractivity contribution is 6.08. The number of amides is 1. The molecular formula is C17H16NO5-. The summed E-state index contributed by atoms with van der Waals surface area (Å²) in [6, 6.07) is 9.59. The first-order valence-electron chi connectivity index (χ1n) is 6.81. The number of hydrogen-bond acceptors (Lipinski definition) is 5. The number of benzene rings is 2. The number of methoxy groups -OCH3 is 2. The van der Waals surface area contributed by atoms with Gasteiger partial charge in [0, 0.05) is 17.2 Å². The number of carboxylic acids is 1. The van der Waals surface area contributed by atoms with Crippen molar-refractivity contribution in [3.63, 3.8) is 0 Å². The molecule has 0 aliphatic rings. The average molecular weight is 314 g/mol. The van der Waals surface area contributed by atoms with E-state index >= 15 is 0 Å². The van der Waals surface area contributed by atoms with Crippen LogP contribution in [-0.2, 0) is 0 Å². The summed E-state index contributed by atoms with van der Waals surface area (Å²) >= 11 is 0. The molecule has 0 bridgehead atoms. The third kappa shape index (κ3) is 3.60. The van der Waals surface area contributed by atoms with E-state index in [1.807, 2.05) is 13.0 Å². The number of aryl methyl sites for hydroxylation is 1. The standard InChI is InChI=1S/C17H17NO5/c1-10-5-4-6-11(7-10)16(19)18-13-9-15(23-3)14(22-2)8-12(13)17(20)21/h4-9H,1-3H3,(H,18,19)(H,20,21)/p-1. The summed E-state index contributed by atoms with van der Waals surface area (Å²) in [5.41, 5.74) is 1.23. The van der Waals surface area contributed by atoms with Gasteiger partial charge >= 0.3 is 0 Å². The Morgan fingerprint density at radius 2 is 1.70 bits per heavy atom. The van der Waals surface area contributed by atoms with Crippen LogP contribution in [0.25, 0.3) is 0 Å². The molecule has 0 heterocycles. The molecule has 0 aromatic heterocycles. The summed E-state index contributed by atoms with van der Waals surface area (Å²) in [6.07, 6.45) is 0. The molecular weight excluding hydrogens is 298 g/mol. The van der Waals surface area contributed by atoms with Crippen molar-refractivity contribution in [1.29, 1.82) is 0 Å². The minimum absolute atomic E-state index is 0.0779. The summed E-state index contributed by atoms with van der Waals surface area (Å²) in [4.78, 5) is 23.6. The lowest BCUT2D eigenvalue weighted by molar-refractivity contribution is -0.254. The number of rotatable bonds is 5. The minimum Gasteiger partial charge on any atom is -0.545 e. The van der Waals surface area contributed by atoms with E-state index in [4.69, 9.17) is 9.47 Å². The van der Waals surface area contributed by atoms with Gasteiger partial charge < -0.3 is 24.7 Å². The van der Waals surface area contributed by atoms with Gasteiger partial charge in [-0.3, -0.25) is 4.79 Å². The number of aromatic carboxylic acids is 1. The molecule has 1 N–H and O–H groups in total. The van der Waals surface area contributed by atoms with Crippen molar-refractivity contribution in [1.82, 2.24) is 0 Å². The molecule has 0 aliphatic carbocycles. The Hall–Kier alpha value is -3.02. The van der Waals surface area contributed by atoms with Crippen LogP contribution >= 0.6 is 0 Å². The molecule has 6 nitrogen and oxygen atoms in total. The average Bonchev–Trinajstić information content (AvgIpc) is 2.54. The summed E-state index contributed by atoms with van der Waals surface area (Å²) < 4.78 is 10.2. The second kappa shape index (κ2) is 6.83. The maximum Gasteiger partial charge on any atom is 0.255 e. The second-order valence-electron chi connectivity index (χ2n) is 4.86. The zero-order chi connectivity index (χ0) is 17.0. The molecule has 0 radical (unpaired) electrons. The molecule has 2 aromatic carbocycles. The number of carboxylic acid groups (broad SMARTS) is 1. The lowest BCUT2D eigenvalue weighted by Crippen LogP contribution is -2.25. The van der Waals surface area contributed by atoms with Gasteiger partial charge in [-0.25, -0.2) is 0 Å². The Morgan fingerprint density at radius 3 is 2.26 bits per heavy atom. The van der Waals surface area contributed by atoms with Crippen molar-refractivity contribution < 1.29 is 24.2 Å². The molecule has 0 atom stereocenters. The van der Waals surface area contributed by atoms with E-state index < -0.39 is 11.9 Å². The molecule has 0 fully saturated rings. The molecule has 6 heteroatoms. The molecule has 0 spiro atoms. The fourth-order valence-corrected chi connectivity index (χ4v) is 2.13. The monoisotopic (exact) mass is 314 g/mol. The minimum atomic E-state index is -1.43. The first-order valence-corrected chi connectivity index (χ1v) is 6.81. The Labute approximate surface area is 133 Å². The smallest absolute Gasteiger partial charge is 0.255 e. The first-order chi connectivity index (χ1) is 11.0. The summed E-state index contributed by atoms with van der Waals surface area (Å²) in [5, 5.41) is 13.9. The molecule has 1 amide bonds. The van der Waals surface area contributed by atoms with Crippen LogP contribution < -0.4 is 19.9 Å². The van der Waals surface area contributed by atoms with E-state index in [0.29, 0.717) is 11.3 Å². The number of nitrogens with one attached hydrogen (secondary N) is 1. The predicted octanol–water partition coefficient (Wildman–Crippen LogP) is 1.63. The Bertz CT molecular complexity index is 755. The maximum atomic E-state index is 12.3. The SMILES string of the molecule is COc1cc(NC(=O)c2cccc(C)c2)c(C(=O)[O-])cc1OC. The van der Waals surface area contributed by atoms with Gasteiger partial charge in [0.25, 0.3) is 5.91 Å². The zero-order valence-electron chi connectivity index (χ0n) is 13.0. The molecule has 120 valence electrons. The number of hydrogen-bond donors (Lipinski definition) is 1. The van der Waals surface area contributed by atoms with Gasteiger partial charge in [-0.15, -0.1) is 0 Å². The highest BCUT2D eigenvalue weighted by Gasteiger charge is 2.15. The molecule has 0 saturated carbocycles. The van der Waals surface area contributed by atoms with Crippen LogP contribution in [0.2, 0.25) is 0 Å². The number of carbonyl (C=O) groups excluding carboxylic acids is 2. The van der Waals surface area contributed by atoms with Gasteiger partial charge in [-0.1, -0.05) is 17.7 Å². The van der Waals surface area contributed by atoms with Crippen LogP contribution in [0, 0.1) is 6.92 Å². The van der Waals surface area contributed by atoms with Gasteiger partial charge in [0.15, 0.2) is 11.5 Å². The van der Waals surface area contributed by atoms with E-state index in [1.54, 1.807) is 18.2 Å². The molecule has 0 aliphatic heterocycles. The third-order valence-electron chi connectivity index (χ3n) is 3.27. The van der Waals surface area contributed by atoms with Crippen LogP contribution in [0.5, 0.6) is 11.5 Å². The molecule has 2 rings (SSSR count). The zero-order valence-corrected chi connectivity index (χ0v) is 13.0. The largest absolute Gasteiger partial charge is 0.545 e. The van der Waals surface area contributed by atoms with Gasteiger partial charge in [0.2, 0.25) is 0 Å². The van der Waals surface area contributed by atoms with Crippen LogP contribution in [0.1, 0.15) is 26.3 Å². The van der Waals surface area contributed by atoms with Crippen LogP contribution in [0.15, 0.2) is 36.4 Å². The highest BCUT2D eigenvalue weighted by atomic mass is 16.5. The number of ether oxygens (including phenoxy) is 2. The Balaban J connectivity index is 2.41. The fourth-order valence-electron chi connectivity index (χ4n) is 2.13. The van der Waals surface area contributed by atoms with E-state index in [9.17, 15) is 14.7 Å². The van der Waals surface area contributed by atoms with Crippen LogP contribution in [0.3, 0.4) is 0 Å². The van der Waals surface area contributed by atoms with E-state index in [2.05, 4.69) is 5.32 Å². The predicted molar refractivity (Wildman–Crippen MR) is 83.0 cm³/mol. The summed E-state index contributed by atoms with van der Waals surface area (Å²) in [5.74, 6) is -1.31. The highest BCUT2D eigenvalue weighted by Crippen LogP contribution is 2.33. The molecule has 2 aromatic rings. The van der Waals surface area contributed by atoms with Crippen molar-refractivity contribution in [2.75, 3.05) is 19.5 Å². The fraction of sp³-hybridized carbons (Fsp3) is 0.176. The van der Waals surface area contributed by atoms with E-state index in [0.717, 1.165) is 5.56 Å². The maximum absolute atomic E-state index is 12.3. The third-order valence-corrected chi connectivity index (χ3v) is 3.27. The molecule has 0 unspecified atom stereocenters. The number of anilines is 1. The van der Waals surface area contributed by atoms with E-state index in [1.165, 1.54) is 26.4 Å². The molecule has 23 heavy (non-hydrogen) atoms. The van der Waals surface area contributed by atoms with Gasteiger partial charge in [0.05, 0.1) is 25.9 Å². The van der Waals surface area contributed by atoms with Gasteiger partial charge in [-0.05, 0) is 25.1 Å². The van der Waals surface area contributed by atoms with Gasteiger partial charge in [-0.2, -0.15) is 0 Å². The van der Waals surface area contributed by atoms with E-state index in [-0.39, 0.29) is 17.0 Å². The topological polar surface area (TPSA) is 87.7 Å². The molecule has 0 saturated heterocycles. The number of carbonyl (C=O) groups is 2. The summed E-state index contributed by atoms with van der Waals surface area (Å²) in [6.45, 7) is 1.86. The lowest BCUT2D eigenvalue weighted by Gasteiger charge is -2.16. The van der Waals surface area contributed by atoms with Crippen molar-refractivity contribution in [2.24, 2.45) is 0 Å². The quantitative estimate of drug-likeness (QED) is 0.906. The van der Waals surface area contributed by atoms with Crippen molar-refractivity contribution in [3.05, 3.63) is 53.1 Å². The van der Waals surface area contributed by atoms with Crippen molar-refractivity contribution >= 4 is 17.6 Å². The van der Waals surface area contributed by atoms with Crippen LogP contribution in [-0.4, -0.2) is 26.1 Å². The normalized spacial score (nSPS) is 10.0. The van der Waals surface area contributed by atoms with Gasteiger partial charge in [0.1, 0.15) is 0 Å². The first kappa shape index (κ1) is 16.4. The van der Waals surface area contributed by atoms with Crippen molar-refractivity contribution in [2.45, 2.75) is 6.92 Å². The lowest BCUT2D eigenvalue weighted by atomic mass is 10.1. The Morgan fingerprint density at radius 1 is 1.04 bits per heavy atom. The summed E-state index contributed by atoms with van der Waals surface area (Å²) in [7, 11) is 2.81. The Kier molecular flexibility index (Phi) is 4.85. The second-order valence-corrected chi connectivity index (χ2v) is 4.86. The van der Waals surface area contributed by atoms with Crippen molar-refractivity contribution in [3.8, 4) is 11.5 Å². The van der Waals surface area contributed by atoms with Crippen LogP contribution in [0.4, 0.5) is 5.69 Å².